The van der Waals surface area contributed by atoms with E-state index >= 15 is 0 Å². The Bertz CT molecular complexity index is 4340. The van der Waals surface area contributed by atoms with Gasteiger partial charge in [-0.25, -0.2) is 41.1 Å². The molecule has 4 N–H and O–H groups in total. The summed E-state index contributed by atoms with van der Waals surface area (Å²) in [5.74, 6) is 5.27. The zero-order valence-electron chi connectivity index (χ0n) is 55.8. The van der Waals surface area contributed by atoms with Gasteiger partial charge < -0.3 is 48.8 Å². The molecule has 0 spiro atoms. The highest BCUT2D eigenvalue weighted by atomic mass is 35.7. The number of fused-ring (bicyclic) bond motifs is 3. The van der Waals surface area contributed by atoms with Gasteiger partial charge >= 0.3 is 0 Å². The summed E-state index contributed by atoms with van der Waals surface area (Å²) < 4.78 is 66.6. The van der Waals surface area contributed by atoms with Crippen molar-refractivity contribution in [1.29, 1.82) is 0 Å². The molecule has 1 atom stereocenters. The van der Waals surface area contributed by atoms with Crippen LogP contribution in [0.5, 0.6) is 17.2 Å². The summed E-state index contributed by atoms with van der Waals surface area (Å²) in [6.45, 7) is 28.8. The van der Waals surface area contributed by atoms with E-state index in [1.54, 1.807) is 22.9 Å². The molecule has 11 rings (SSSR count). The van der Waals surface area contributed by atoms with Crippen molar-refractivity contribution in [2.75, 3.05) is 86.3 Å². The molecule has 95 heavy (non-hydrogen) atoms. The molecule has 6 aromatic heterocycles. The van der Waals surface area contributed by atoms with E-state index in [4.69, 9.17) is 38.8 Å². The smallest absolute Gasteiger partial charge is 0.277 e. The van der Waals surface area contributed by atoms with E-state index in [1.807, 2.05) is 65.0 Å². The van der Waals surface area contributed by atoms with Crippen LogP contribution in [0, 0.1) is 20.8 Å². The van der Waals surface area contributed by atoms with Crippen molar-refractivity contribution >= 4 is 59.5 Å². The maximum atomic E-state index is 12.9. The molecule has 0 saturated carbocycles. The molecule has 9 aromatic rings. The van der Waals surface area contributed by atoms with Crippen LogP contribution in [0.3, 0.4) is 0 Å². The lowest BCUT2D eigenvalue weighted by atomic mass is 10.1. The number of H-pyrrole nitrogens is 3. The molecule has 1 unspecified atom stereocenters. The first-order chi connectivity index (χ1) is 45.6. The van der Waals surface area contributed by atoms with Crippen LogP contribution in [0.2, 0.25) is 0 Å². The summed E-state index contributed by atoms with van der Waals surface area (Å²) >= 11 is 1.67. The molecule has 0 bridgehead atoms. The highest BCUT2D eigenvalue weighted by molar-refractivity contribution is 8.13. The van der Waals surface area contributed by atoms with Gasteiger partial charge in [-0.3, -0.25) is 19.3 Å². The number of nitrogens with zero attached hydrogens (tertiary/aromatic N) is 12. The second-order valence-corrected chi connectivity index (χ2v) is 26.1. The minimum Gasteiger partial charge on any atom is -0.749 e. The summed E-state index contributed by atoms with van der Waals surface area (Å²) in [5.41, 5.74) is 5.73. The fourth-order valence-electron chi connectivity index (χ4n) is 10.9. The van der Waals surface area contributed by atoms with Crippen LogP contribution in [0.4, 0.5) is 0 Å². The van der Waals surface area contributed by atoms with E-state index in [-0.39, 0.29) is 27.4 Å². The topological polar surface area (TPSA) is 322 Å². The predicted octanol–water partition coefficient (Wildman–Crippen LogP) is 8.16. The van der Waals surface area contributed by atoms with Crippen LogP contribution in [0.25, 0.3) is 50.7 Å². The summed E-state index contributed by atoms with van der Waals surface area (Å²) in [4.78, 5) is 67.2. The third-order valence-electron chi connectivity index (χ3n) is 15.3. The number of rotatable bonds is 19. The first-order valence-electron chi connectivity index (χ1n) is 31.9. The minimum atomic E-state index is -3.95. The van der Waals surface area contributed by atoms with E-state index in [0.29, 0.717) is 94.4 Å². The number of nitrogens with one attached hydrogen (secondary N) is 4. The Kier molecular flexibility index (Phi) is 28.4. The highest BCUT2D eigenvalue weighted by Gasteiger charge is 2.23. The summed E-state index contributed by atoms with van der Waals surface area (Å²) in [7, 11) is 5.87. The van der Waals surface area contributed by atoms with Crippen molar-refractivity contribution in [2.45, 2.75) is 125 Å². The number of aryl methyl sites for hydroxylation is 6. The molecule has 516 valence electrons. The first-order valence-corrected chi connectivity index (χ1v) is 35.5. The van der Waals surface area contributed by atoms with E-state index in [1.165, 1.54) is 60.8 Å². The van der Waals surface area contributed by atoms with E-state index in [0.717, 1.165) is 99.9 Å². The number of ether oxygens (including phenoxy) is 3. The molecule has 2 fully saturated rings. The van der Waals surface area contributed by atoms with Gasteiger partial charge in [0.25, 0.3) is 25.7 Å². The molecule has 2 aliphatic rings. The van der Waals surface area contributed by atoms with Crippen molar-refractivity contribution in [3.05, 3.63) is 132 Å². The quantitative estimate of drug-likeness (QED) is 0.0438. The number of hydrogen-bond donors (Lipinski definition) is 4. The van der Waals surface area contributed by atoms with Crippen LogP contribution in [0.1, 0.15) is 114 Å². The molecule has 8 heterocycles. The van der Waals surface area contributed by atoms with Gasteiger partial charge in [-0.1, -0.05) is 39.0 Å². The predicted molar refractivity (Wildman–Crippen MR) is 368 cm³/mol. The maximum Gasteiger partial charge on any atom is 0.277 e. The molecule has 0 aliphatic carbocycles. The maximum absolute atomic E-state index is 12.9. The molecule has 0 amide bonds. The normalized spacial score (nSPS) is 14.3. The second-order valence-electron chi connectivity index (χ2n) is 22.6. The van der Waals surface area contributed by atoms with Gasteiger partial charge in [0, 0.05) is 62.7 Å². The van der Waals surface area contributed by atoms with Crippen LogP contribution in [-0.4, -0.2) is 177 Å². The number of likely N-dealkylation sites (N-methyl/N-ethyl adjacent to an activating group) is 2. The van der Waals surface area contributed by atoms with Gasteiger partial charge in [-0.2, -0.15) is 3.74 Å². The van der Waals surface area contributed by atoms with E-state index < -0.39 is 20.4 Å². The van der Waals surface area contributed by atoms with Gasteiger partial charge in [0.2, 0.25) is 0 Å². The van der Waals surface area contributed by atoms with Gasteiger partial charge in [-0.05, 0) is 162 Å². The lowest BCUT2D eigenvalue weighted by Gasteiger charge is -2.21. The van der Waals surface area contributed by atoms with Crippen molar-refractivity contribution in [3.8, 4) is 51.4 Å². The summed E-state index contributed by atoms with van der Waals surface area (Å²) in [6, 6.07) is 17.9. The second kappa shape index (κ2) is 36.1. The van der Waals surface area contributed by atoms with Gasteiger partial charge in [0.05, 0.1) is 70.4 Å². The Labute approximate surface area is 565 Å². The number of halogens is 2. The fourth-order valence-corrected chi connectivity index (χ4v) is 11.7. The molecular weight excluding hydrogens is 1300 g/mol. The zero-order chi connectivity index (χ0) is 68.9. The third-order valence-corrected chi connectivity index (χ3v) is 17.1. The Morgan fingerprint density at radius 3 is 1.45 bits per heavy atom. The molecule has 0 radical (unpaired) electrons. The van der Waals surface area contributed by atoms with Crippen molar-refractivity contribution in [1.82, 2.24) is 78.8 Å². The largest absolute Gasteiger partial charge is 0.749 e. The van der Waals surface area contributed by atoms with Crippen molar-refractivity contribution < 1.29 is 35.1 Å². The molecule has 3 aromatic carbocycles. The number of aromatic amines is 3. The van der Waals surface area contributed by atoms with Crippen LogP contribution < -0.4 is 36.2 Å². The molecule has 27 nitrogen and oxygen atoms in total. The number of imidazole rings is 3. The van der Waals surface area contributed by atoms with Gasteiger partial charge in [0.15, 0.2) is 34.0 Å². The SMILES string of the molecule is CCCc1nc(C)c2c(=O)[nH]c(-c3cc(CN4CCCN(C)CC4)ccc3OCC)nn12.CCCc1nc(C)c2c(=O)[nH]c(-c3cc(S(=O)(=O)Cl)ccc3OCC)nn12.CCCc1nc(C)c2c(=O)[nH]c(-c3ccccc3OCC)nn12.CN1CCCNCC1.O=S([O-])OCl. The lowest BCUT2D eigenvalue weighted by molar-refractivity contribution is 0.269. The average Bonchev–Trinajstić information content (AvgIpc) is 1.70. The highest BCUT2D eigenvalue weighted by Crippen LogP contribution is 2.33. The Morgan fingerprint density at radius 2 is 0.989 bits per heavy atom. The summed E-state index contributed by atoms with van der Waals surface area (Å²) in [5, 5.41) is 17.2. The van der Waals surface area contributed by atoms with E-state index in [2.05, 4.69) is 116 Å². The minimum absolute atomic E-state index is 0.110. The molecule has 2 aliphatic heterocycles. The average molecular weight is 1390 g/mol. The molecule has 31 heteroatoms. The Morgan fingerprint density at radius 1 is 0.558 bits per heavy atom. The monoisotopic (exact) mass is 1390 g/mol. The number of para-hydroxylation sites is 1. The van der Waals surface area contributed by atoms with Crippen LogP contribution in [-0.2, 0) is 50.0 Å². The zero-order valence-corrected chi connectivity index (χ0v) is 59.0. The number of hydrogen-bond acceptors (Lipinski definition) is 21. The first kappa shape index (κ1) is 74.9. The molecular formula is C64H87Cl2N16O11S2-. The lowest BCUT2D eigenvalue weighted by Crippen LogP contribution is -2.28. The van der Waals surface area contributed by atoms with E-state index in [9.17, 15) is 22.8 Å². The van der Waals surface area contributed by atoms with Gasteiger partial charge in [0.1, 0.15) is 46.1 Å². The van der Waals surface area contributed by atoms with Crippen LogP contribution >= 0.6 is 22.5 Å². The number of benzene rings is 3. The standard InChI is InChI=1S/C24H34N6O2.C17H19ClN4O4S.C17H20N4O2.C6H14N2.ClHO3S/c1-5-8-21-25-17(3)22-24(31)26-23(27-30(21)22)19-15-18(9-10-20(19)32-6-2)16-29-12-7-11-28(4)13-14-29;1-4-6-14-19-10(3)15-17(23)20-16(21-22(14)15)12-9-11(27(18,24)25)7-8-13(12)26-5-2;1-4-8-14-18-11(3)15-17(22)19-16(20-21(14)15)12-9-6-7-10-13(12)23-5-2;1-8-5-2-3-7-4-6-8;1-4-5(2)3/h9-10,15H,5-8,11-14,16H2,1-4H3,(H,26,27,31);7-9H,4-6H2,1-3H3,(H,20,21,23);6-7,9-10H,4-5,8H2,1-3H3,(H,19,20,22);7H,2-6H2,1H3;(H,2,3)/p-1. The van der Waals surface area contributed by atoms with Crippen molar-refractivity contribution in [2.24, 2.45) is 0 Å². The summed E-state index contributed by atoms with van der Waals surface area (Å²) in [6.07, 6.45) is 7.39. The van der Waals surface area contributed by atoms with Gasteiger partial charge in [-0.15, -0.1) is 15.3 Å². The van der Waals surface area contributed by atoms with Crippen molar-refractivity contribution in [3.63, 3.8) is 0 Å². The number of aromatic nitrogens is 12. The Balaban J connectivity index is 0.000000185. The third kappa shape index (κ3) is 20.1. The molecule has 2 saturated heterocycles. The Hall–Kier alpha value is -7.45. The fraction of sp³-hybridized carbons (Fsp3) is 0.484. The van der Waals surface area contributed by atoms with Crippen LogP contribution in [0.15, 0.2) is 79.9 Å².